The van der Waals surface area contributed by atoms with Gasteiger partial charge in [0.05, 0.1) is 11.8 Å². The highest BCUT2D eigenvalue weighted by atomic mass is 16.5. The molecule has 0 radical (unpaired) electrons. The van der Waals surface area contributed by atoms with E-state index in [9.17, 15) is 4.79 Å². The standard InChI is InChI=1S/C21H27N3O3/c1-17-19(8-14-26-17)21(25)23-9-3-6-13-27-20-15-18(7-10-22-20)16-24-11-4-2-5-12-24/h3,6-8,10,14-15H,2,4-5,9,11-13,16H2,1H3,(H,23,25)/b6-3-. The Balaban J connectivity index is 1.38. The fraction of sp³-hybridized carbons (Fsp3) is 0.429. The molecule has 2 aromatic rings. The highest BCUT2D eigenvalue weighted by Crippen LogP contribution is 2.15. The van der Waals surface area contributed by atoms with E-state index in [1.54, 1.807) is 19.2 Å². The summed E-state index contributed by atoms with van der Waals surface area (Å²) in [5, 5.41) is 2.82. The molecule has 1 saturated heterocycles. The van der Waals surface area contributed by atoms with Gasteiger partial charge in [-0.3, -0.25) is 9.69 Å². The van der Waals surface area contributed by atoms with E-state index in [4.69, 9.17) is 9.15 Å². The molecule has 0 aliphatic carbocycles. The largest absolute Gasteiger partial charge is 0.473 e. The Morgan fingerprint density at radius 1 is 1.30 bits per heavy atom. The van der Waals surface area contributed by atoms with Crippen LogP contribution in [0.3, 0.4) is 0 Å². The first-order valence-electron chi connectivity index (χ1n) is 9.50. The second-order valence-electron chi connectivity index (χ2n) is 6.72. The Labute approximate surface area is 160 Å². The summed E-state index contributed by atoms with van der Waals surface area (Å²) in [5.41, 5.74) is 1.79. The predicted octanol–water partition coefficient (Wildman–Crippen LogP) is 3.33. The van der Waals surface area contributed by atoms with E-state index in [-0.39, 0.29) is 5.91 Å². The molecule has 3 heterocycles. The molecular weight excluding hydrogens is 342 g/mol. The lowest BCUT2D eigenvalue weighted by atomic mass is 10.1. The van der Waals surface area contributed by atoms with Gasteiger partial charge in [0.2, 0.25) is 5.88 Å². The van der Waals surface area contributed by atoms with Crippen molar-refractivity contribution in [3.63, 3.8) is 0 Å². The van der Waals surface area contributed by atoms with Gasteiger partial charge < -0.3 is 14.5 Å². The highest BCUT2D eigenvalue weighted by Gasteiger charge is 2.11. The Morgan fingerprint density at radius 3 is 2.93 bits per heavy atom. The molecule has 3 rings (SSSR count). The topological polar surface area (TPSA) is 67.6 Å². The first-order valence-corrected chi connectivity index (χ1v) is 9.50. The second-order valence-corrected chi connectivity index (χ2v) is 6.72. The third-order valence-corrected chi connectivity index (χ3v) is 4.63. The smallest absolute Gasteiger partial charge is 0.255 e. The van der Waals surface area contributed by atoms with Crippen molar-refractivity contribution in [3.8, 4) is 5.88 Å². The first kappa shape index (κ1) is 19.2. The molecule has 144 valence electrons. The van der Waals surface area contributed by atoms with Gasteiger partial charge in [0.1, 0.15) is 12.4 Å². The van der Waals surface area contributed by atoms with Crippen molar-refractivity contribution in [2.45, 2.75) is 32.7 Å². The number of hydrogen-bond donors (Lipinski definition) is 1. The van der Waals surface area contributed by atoms with Crippen LogP contribution in [0.25, 0.3) is 0 Å². The Hall–Kier alpha value is -2.60. The summed E-state index contributed by atoms with van der Waals surface area (Å²) in [6.45, 7) is 5.92. The molecule has 0 bridgehead atoms. The van der Waals surface area contributed by atoms with Crippen LogP contribution in [-0.4, -0.2) is 42.0 Å². The number of nitrogens with one attached hydrogen (secondary N) is 1. The van der Waals surface area contributed by atoms with Gasteiger partial charge in [0.15, 0.2) is 0 Å². The van der Waals surface area contributed by atoms with Gasteiger partial charge in [-0.1, -0.05) is 12.5 Å². The number of carbonyl (C=O) groups excluding carboxylic acids is 1. The number of carbonyl (C=O) groups is 1. The molecule has 2 aromatic heterocycles. The van der Waals surface area contributed by atoms with Crippen molar-refractivity contribution >= 4 is 5.91 Å². The summed E-state index contributed by atoms with van der Waals surface area (Å²) >= 11 is 0. The summed E-state index contributed by atoms with van der Waals surface area (Å²) in [7, 11) is 0. The number of amides is 1. The number of aromatic nitrogens is 1. The van der Waals surface area contributed by atoms with Gasteiger partial charge in [0.25, 0.3) is 5.91 Å². The minimum absolute atomic E-state index is 0.140. The van der Waals surface area contributed by atoms with Gasteiger partial charge in [0, 0.05) is 25.4 Å². The Bertz CT molecular complexity index is 764. The molecule has 0 atom stereocenters. The number of ether oxygens (including phenoxy) is 1. The molecule has 1 N–H and O–H groups in total. The second kappa shape index (κ2) is 9.92. The van der Waals surface area contributed by atoms with Crippen molar-refractivity contribution in [2.24, 2.45) is 0 Å². The summed E-state index contributed by atoms with van der Waals surface area (Å²) in [6.07, 6.45) is 11.0. The maximum absolute atomic E-state index is 11.9. The number of likely N-dealkylation sites (tertiary alicyclic amines) is 1. The number of aryl methyl sites for hydroxylation is 1. The molecule has 1 aliphatic heterocycles. The fourth-order valence-electron chi connectivity index (χ4n) is 3.16. The summed E-state index contributed by atoms with van der Waals surface area (Å²) in [4.78, 5) is 18.7. The number of piperidine rings is 1. The van der Waals surface area contributed by atoms with Gasteiger partial charge in [-0.2, -0.15) is 0 Å². The fourth-order valence-corrected chi connectivity index (χ4v) is 3.16. The number of rotatable bonds is 8. The molecule has 0 spiro atoms. The number of nitrogens with zero attached hydrogens (tertiary/aromatic N) is 2. The lowest BCUT2D eigenvalue weighted by molar-refractivity contribution is 0.0956. The van der Waals surface area contributed by atoms with Crippen LogP contribution >= 0.6 is 0 Å². The van der Waals surface area contributed by atoms with Gasteiger partial charge in [-0.25, -0.2) is 4.98 Å². The van der Waals surface area contributed by atoms with E-state index in [2.05, 4.69) is 15.2 Å². The SMILES string of the molecule is Cc1occc1C(=O)NC/C=C\COc1cc(CN2CCCCC2)ccn1. The number of furan rings is 1. The van der Waals surface area contributed by atoms with E-state index in [0.29, 0.717) is 30.4 Å². The molecule has 1 amide bonds. The normalized spacial score (nSPS) is 15.1. The predicted molar refractivity (Wildman–Crippen MR) is 104 cm³/mol. The molecular formula is C21H27N3O3. The average Bonchev–Trinajstić information content (AvgIpc) is 3.11. The molecule has 6 heteroatoms. The average molecular weight is 369 g/mol. The zero-order chi connectivity index (χ0) is 18.9. The maximum atomic E-state index is 11.9. The van der Waals surface area contributed by atoms with Crippen molar-refractivity contribution in [1.29, 1.82) is 0 Å². The van der Waals surface area contributed by atoms with Crippen molar-refractivity contribution in [2.75, 3.05) is 26.2 Å². The van der Waals surface area contributed by atoms with Crippen molar-refractivity contribution < 1.29 is 13.9 Å². The third-order valence-electron chi connectivity index (χ3n) is 4.63. The van der Waals surface area contributed by atoms with Crippen LogP contribution in [0.5, 0.6) is 5.88 Å². The van der Waals surface area contributed by atoms with Crippen LogP contribution in [0.1, 0.15) is 40.9 Å². The summed E-state index contributed by atoms with van der Waals surface area (Å²) in [5.74, 6) is 1.11. The van der Waals surface area contributed by atoms with Crippen LogP contribution < -0.4 is 10.1 Å². The van der Waals surface area contributed by atoms with Gasteiger partial charge in [-0.15, -0.1) is 0 Å². The highest BCUT2D eigenvalue weighted by molar-refractivity contribution is 5.95. The van der Waals surface area contributed by atoms with Crippen LogP contribution in [0.2, 0.25) is 0 Å². The minimum Gasteiger partial charge on any atom is -0.473 e. The minimum atomic E-state index is -0.140. The zero-order valence-corrected chi connectivity index (χ0v) is 15.8. The maximum Gasteiger partial charge on any atom is 0.255 e. The molecule has 1 fully saturated rings. The molecule has 0 aromatic carbocycles. The van der Waals surface area contributed by atoms with Crippen molar-refractivity contribution in [3.05, 3.63) is 59.7 Å². The monoisotopic (exact) mass is 369 g/mol. The van der Waals surface area contributed by atoms with Gasteiger partial charge in [-0.05, 0) is 56.6 Å². The quantitative estimate of drug-likeness (QED) is 0.723. The zero-order valence-electron chi connectivity index (χ0n) is 15.8. The van der Waals surface area contributed by atoms with Crippen LogP contribution in [0.4, 0.5) is 0 Å². The van der Waals surface area contributed by atoms with E-state index in [1.807, 2.05) is 24.3 Å². The molecule has 6 nitrogen and oxygen atoms in total. The first-order chi connectivity index (χ1) is 13.2. The van der Waals surface area contributed by atoms with Crippen LogP contribution in [0.15, 0.2) is 47.2 Å². The third kappa shape index (κ3) is 5.96. The van der Waals surface area contributed by atoms with Gasteiger partial charge >= 0.3 is 0 Å². The van der Waals surface area contributed by atoms with E-state index < -0.39 is 0 Å². The van der Waals surface area contributed by atoms with Crippen LogP contribution in [0, 0.1) is 6.92 Å². The molecule has 27 heavy (non-hydrogen) atoms. The van der Waals surface area contributed by atoms with Crippen molar-refractivity contribution in [1.82, 2.24) is 15.2 Å². The molecule has 1 aliphatic rings. The van der Waals surface area contributed by atoms with Crippen LogP contribution in [-0.2, 0) is 6.54 Å². The lowest BCUT2D eigenvalue weighted by Crippen LogP contribution is -2.29. The van der Waals surface area contributed by atoms with E-state index in [0.717, 1.165) is 6.54 Å². The molecule has 0 saturated carbocycles. The summed E-state index contributed by atoms with van der Waals surface area (Å²) < 4.78 is 10.8. The van der Waals surface area contributed by atoms with E-state index >= 15 is 0 Å². The molecule has 0 unspecified atom stereocenters. The number of hydrogen-bond acceptors (Lipinski definition) is 5. The summed E-state index contributed by atoms with van der Waals surface area (Å²) in [6, 6.07) is 5.72. The van der Waals surface area contributed by atoms with E-state index in [1.165, 1.54) is 44.2 Å². The Morgan fingerprint density at radius 2 is 2.15 bits per heavy atom. The lowest BCUT2D eigenvalue weighted by Gasteiger charge is -2.26. The number of pyridine rings is 1. The Kier molecular flexibility index (Phi) is 7.04.